The Bertz CT molecular complexity index is 1160. The molecule has 0 spiro atoms. The third kappa shape index (κ3) is 4.56. The molecule has 2 aliphatic heterocycles. The van der Waals surface area contributed by atoms with Crippen LogP contribution in [0.2, 0.25) is 0 Å². The number of aromatic nitrogens is 2. The van der Waals surface area contributed by atoms with Crippen LogP contribution in [0.15, 0.2) is 34.9 Å². The van der Waals surface area contributed by atoms with Crippen molar-refractivity contribution in [3.8, 4) is 11.3 Å². The van der Waals surface area contributed by atoms with E-state index in [2.05, 4.69) is 25.7 Å². The molecule has 2 bridgehead atoms. The Balaban J connectivity index is 1.36. The number of ether oxygens (including phenoxy) is 1. The van der Waals surface area contributed by atoms with Gasteiger partial charge in [-0.2, -0.15) is 0 Å². The molecule has 0 saturated carbocycles. The van der Waals surface area contributed by atoms with Gasteiger partial charge in [0.1, 0.15) is 5.82 Å². The van der Waals surface area contributed by atoms with Crippen LogP contribution in [0.1, 0.15) is 30.5 Å². The summed E-state index contributed by atoms with van der Waals surface area (Å²) in [7, 11) is 0. The Kier molecular flexibility index (Phi) is 5.55. The molecule has 0 aliphatic carbocycles. The van der Waals surface area contributed by atoms with Gasteiger partial charge in [-0.25, -0.2) is 14.2 Å². The molecule has 3 N–H and O–H groups in total. The van der Waals surface area contributed by atoms with Crippen molar-refractivity contribution >= 4 is 28.3 Å². The molecule has 11 heteroatoms. The van der Waals surface area contributed by atoms with Gasteiger partial charge >= 0.3 is 6.03 Å². The van der Waals surface area contributed by atoms with E-state index in [1.54, 1.807) is 26.0 Å². The lowest BCUT2D eigenvalue weighted by atomic mass is 9.96. The van der Waals surface area contributed by atoms with Crippen molar-refractivity contribution in [3.05, 3.63) is 46.7 Å². The Hall–Kier alpha value is -3.02. The number of morpholine rings is 1. The molecule has 2 amide bonds. The fourth-order valence-electron chi connectivity index (χ4n) is 4.06. The summed E-state index contributed by atoms with van der Waals surface area (Å²) < 4.78 is 24.6. The van der Waals surface area contributed by atoms with E-state index in [0.717, 1.165) is 16.1 Å². The molecule has 1 fully saturated rings. The van der Waals surface area contributed by atoms with Crippen molar-refractivity contribution in [2.75, 3.05) is 30.0 Å². The Labute approximate surface area is 193 Å². The summed E-state index contributed by atoms with van der Waals surface area (Å²) in [6, 6.07) is 7.44. The minimum absolute atomic E-state index is 0.0291. The Morgan fingerprint density at radius 2 is 2.12 bits per heavy atom. The summed E-state index contributed by atoms with van der Waals surface area (Å²) in [5, 5.41) is 20.0. The van der Waals surface area contributed by atoms with Gasteiger partial charge in [-0.15, -0.1) is 0 Å². The number of carbonyl (C=O) groups excluding carboxylic acids is 1. The number of fused-ring (bicyclic) bond motifs is 4. The number of rotatable bonds is 5. The molecule has 5 rings (SSSR count). The van der Waals surface area contributed by atoms with E-state index in [1.165, 1.54) is 23.5 Å². The van der Waals surface area contributed by atoms with Gasteiger partial charge in [-0.05, 0) is 38.1 Å². The minimum Gasteiger partial charge on any atom is -0.389 e. The molecule has 4 heterocycles. The Morgan fingerprint density at radius 1 is 1.33 bits per heavy atom. The van der Waals surface area contributed by atoms with Crippen molar-refractivity contribution in [1.82, 2.24) is 15.5 Å². The second kappa shape index (κ2) is 8.40. The lowest BCUT2D eigenvalue weighted by Gasteiger charge is -2.44. The van der Waals surface area contributed by atoms with Crippen LogP contribution in [0.25, 0.3) is 11.3 Å². The van der Waals surface area contributed by atoms with Gasteiger partial charge in [-0.3, -0.25) is 5.32 Å². The molecular weight excluding hydrogens is 449 g/mol. The van der Waals surface area contributed by atoms with Crippen molar-refractivity contribution in [2.45, 2.75) is 38.0 Å². The fourth-order valence-corrected chi connectivity index (χ4v) is 5.13. The van der Waals surface area contributed by atoms with Crippen LogP contribution >= 0.6 is 11.3 Å². The number of amides is 2. The molecule has 2 aliphatic rings. The Morgan fingerprint density at radius 3 is 2.88 bits per heavy atom. The van der Waals surface area contributed by atoms with Crippen molar-refractivity contribution in [2.24, 2.45) is 0 Å². The standard InChI is InChI=1S/C22H24FN5O4S/c1-22(2,30)11-24-20(29)26-21-25-15-7-14-9-31-10-16(19(15)33-21)28(14)18-8-17(32-27-18)12-3-5-13(23)6-4-12/h3-6,8,14,16,30H,7,9-11H2,1-2H3,(H2,24,25,26,29)/t14-,16-/m0/s1. The van der Waals surface area contributed by atoms with Gasteiger partial charge in [0.25, 0.3) is 0 Å². The summed E-state index contributed by atoms with van der Waals surface area (Å²) in [5.74, 6) is 0.936. The predicted octanol–water partition coefficient (Wildman–Crippen LogP) is 3.33. The summed E-state index contributed by atoms with van der Waals surface area (Å²) in [4.78, 5) is 20.0. The predicted molar refractivity (Wildman–Crippen MR) is 121 cm³/mol. The van der Waals surface area contributed by atoms with E-state index in [1.807, 2.05) is 6.07 Å². The molecule has 3 aromatic rings. The van der Waals surface area contributed by atoms with E-state index in [0.29, 0.717) is 36.3 Å². The first-order chi connectivity index (χ1) is 15.8. The second-order valence-electron chi connectivity index (χ2n) is 8.82. The maximum atomic E-state index is 13.3. The van der Waals surface area contributed by atoms with E-state index >= 15 is 0 Å². The number of halogens is 1. The molecule has 2 atom stereocenters. The fraction of sp³-hybridized carbons (Fsp3) is 0.409. The number of benzene rings is 1. The topological polar surface area (TPSA) is 113 Å². The SMILES string of the molecule is CC(C)(O)CNC(=O)Nc1nc2c(s1)[C@@H]1COC[C@H](C2)N1c1cc(-c2ccc(F)cc2)on1. The summed E-state index contributed by atoms with van der Waals surface area (Å²) in [5.41, 5.74) is 0.684. The van der Waals surface area contributed by atoms with Crippen molar-refractivity contribution < 1.29 is 23.6 Å². The van der Waals surface area contributed by atoms with E-state index in [4.69, 9.17) is 9.26 Å². The summed E-state index contributed by atoms with van der Waals surface area (Å²) in [6.07, 6.45) is 0.647. The minimum atomic E-state index is -1.00. The average Bonchev–Trinajstić information content (AvgIpc) is 3.39. The molecule has 0 unspecified atom stereocenters. The zero-order valence-corrected chi connectivity index (χ0v) is 19.0. The molecule has 0 radical (unpaired) electrons. The number of hydrogen-bond acceptors (Lipinski definition) is 8. The molecule has 33 heavy (non-hydrogen) atoms. The van der Waals surface area contributed by atoms with Gasteiger partial charge in [0, 0.05) is 24.6 Å². The summed E-state index contributed by atoms with van der Waals surface area (Å²) >= 11 is 1.40. The molecule has 174 valence electrons. The van der Waals surface area contributed by atoms with E-state index in [-0.39, 0.29) is 24.4 Å². The monoisotopic (exact) mass is 473 g/mol. The number of aliphatic hydroxyl groups is 1. The van der Waals surface area contributed by atoms with Crippen molar-refractivity contribution in [3.63, 3.8) is 0 Å². The highest BCUT2D eigenvalue weighted by molar-refractivity contribution is 7.16. The number of urea groups is 1. The van der Waals surface area contributed by atoms with Crippen LogP contribution in [-0.2, 0) is 11.2 Å². The van der Waals surface area contributed by atoms with Gasteiger partial charge in [0.05, 0.1) is 41.5 Å². The number of hydrogen-bond donors (Lipinski definition) is 3. The highest BCUT2D eigenvalue weighted by Crippen LogP contribution is 2.43. The number of nitrogens with one attached hydrogen (secondary N) is 2. The first kappa shape index (κ1) is 21.8. The average molecular weight is 474 g/mol. The molecule has 9 nitrogen and oxygen atoms in total. The second-order valence-corrected chi connectivity index (χ2v) is 9.86. The van der Waals surface area contributed by atoms with E-state index in [9.17, 15) is 14.3 Å². The van der Waals surface area contributed by atoms with Gasteiger partial charge in [-0.1, -0.05) is 16.5 Å². The zero-order valence-electron chi connectivity index (χ0n) is 18.2. The zero-order chi connectivity index (χ0) is 23.2. The van der Waals surface area contributed by atoms with Crippen molar-refractivity contribution in [1.29, 1.82) is 0 Å². The largest absolute Gasteiger partial charge is 0.389 e. The van der Waals surface area contributed by atoms with Crippen LogP contribution in [0.3, 0.4) is 0 Å². The van der Waals surface area contributed by atoms with Crippen LogP contribution in [-0.4, -0.2) is 52.7 Å². The molecular formula is C22H24FN5O4S. The first-order valence-corrected chi connectivity index (χ1v) is 11.4. The number of carbonyl (C=O) groups is 1. The van der Waals surface area contributed by atoms with Crippen LogP contribution in [0.5, 0.6) is 0 Å². The lowest BCUT2D eigenvalue weighted by Crippen LogP contribution is -2.51. The maximum absolute atomic E-state index is 13.3. The lowest BCUT2D eigenvalue weighted by molar-refractivity contribution is 0.0601. The normalized spacial score (nSPS) is 19.8. The third-order valence-corrected chi connectivity index (χ3v) is 6.68. The highest BCUT2D eigenvalue weighted by atomic mass is 32.1. The number of nitrogens with zero attached hydrogens (tertiary/aromatic N) is 3. The molecule has 1 aromatic carbocycles. The highest BCUT2D eigenvalue weighted by Gasteiger charge is 2.42. The van der Waals surface area contributed by atoms with Gasteiger partial charge in [0.2, 0.25) is 0 Å². The summed E-state index contributed by atoms with van der Waals surface area (Å²) in [6.45, 7) is 4.36. The van der Waals surface area contributed by atoms with Crippen LogP contribution in [0, 0.1) is 5.82 Å². The van der Waals surface area contributed by atoms with E-state index < -0.39 is 11.6 Å². The number of anilines is 2. The van der Waals surface area contributed by atoms with Crippen LogP contribution in [0.4, 0.5) is 20.1 Å². The van der Waals surface area contributed by atoms with Gasteiger partial charge < -0.3 is 24.6 Å². The van der Waals surface area contributed by atoms with Gasteiger partial charge in [0.15, 0.2) is 16.7 Å². The van der Waals surface area contributed by atoms with Crippen LogP contribution < -0.4 is 15.5 Å². The molecule has 2 aromatic heterocycles. The quantitative estimate of drug-likeness (QED) is 0.521. The third-order valence-electron chi connectivity index (χ3n) is 5.57. The first-order valence-electron chi connectivity index (χ1n) is 10.6. The number of thiazole rings is 1. The smallest absolute Gasteiger partial charge is 0.321 e. The molecule has 1 saturated heterocycles. The maximum Gasteiger partial charge on any atom is 0.321 e.